The van der Waals surface area contributed by atoms with Gasteiger partial charge in [0.15, 0.2) is 10.1 Å². The SMILES string of the molecule is C[C@H](Sc1nnc(NC2CC2)s1)C(=O)C12CC3CC(CC(C3)C1)C2. The van der Waals surface area contributed by atoms with Gasteiger partial charge in [-0.15, -0.1) is 10.2 Å². The fourth-order valence-electron chi connectivity index (χ4n) is 5.77. The van der Waals surface area contributed by atoms with Gasteiger partial charge in [0.25, 0.3) is 0 Å². The number of hydrogen-bond donors (Lipinski definition) is 1. The van der Waals surface area contributed by atoms with Crippen LogP contribution in [-0.2, 0) is 4.79 Å². The number of carbonyl (C=O) groups excluding carboxylic acids is 1. The first-order valence-electron chi connectivity index (χ1n) is 9.41. The van der Waals surface area contributed by atoms with Gasteiger partial charge >= 0.3 is 0 Å². The summed E-state index contributed by atoms with van der Waals surface area (Å²) in [5, 5.41) is 12.8. The third kappa shape index (κ3) is 2.79. The maximum atomic E-state index is 13.3. The molecule has 5 fully saturated rings. The molecule has 0 aliphatic heterocycles. The Bertz CT molecular complexity index is 619. The summed E-state index contributed by atoms with van der Waals surface area (Å²) in [6.45, 7) is 2.08. The van der Waals surface area contributed by atoms with Gasteiger partial charge in [0.1, 0.15) is 0 Å². The van der Waals surface area contributed by atoms with Crippen molar-refractivity contribution in [3.63, 3.8) is 0 Å². The van der Waals surface area contributed by atoms with Crippen LogP contribution in [0.4, 0.5) is 5.13 Å². The monoisotopic (exact) mass is 363 g/mol. The molecule has 4 nitrogen and oxygen atoms in total. The van der Waals surface area contributed by atoms with E-state index in [1.165, 1.54) is 32.1 Å². The van der Waals surface area contributed by atoms with Gasteiger partial charge < -0.3 is 5.32 Å². The molecule has 6 heteroatoms. The highest BCUT2D eigenvalue weighted by atomic mass is 32.2. The van der Waals surface area contributed by atoms with Crippen molar-refractivity contribution in [2.75, 3.05) is 5.32 Å². The summed E-state index contributed by atoms with van der Waals surface area (Å²) in [6, 6.07) is 0.599. The lowest BCUT2D eigenvalue weighted by atomic mass is 9.48. The van der Waals surface area contributed by atoms with Crippen LogP contribution < -0.4 is 5.32 Å². The second-order valence-corrected chi connectivity index (χ2v) is 11.2. The maximum Gasteiger partial charge on any atom is 0.206 e. The van der Waals surface area contributed by atoms with Crippen LogP contribution in [0.3, 0.4) is 0 Å². The number of carbonyl (C=O) groups is 1. The third-order valence-electron chi connectivity index (χ3n) is 6.52. The lowest BCUT2D eigenvalue weighted by Gasteiger charge is -2.56. The van der Waals surface area contributed by atoms with Gasteiger partial charge in [-0.25, -0.2) is 0 Å². The standard InChI is InChI=1S/C18H25N3OS2/c1-10(23-17-21-20-16(24-17)19-14-2-3-14)15(22)18-7-11-4-12(8-18)6-13(5-11)9-18/h10-14H,2-9H2,1H3,(H,19,20)/t10-,11?,12?,13?,18?/m0/s1. The summed E-state index contributed by atoms with van der Waals surface area (Å²) in [7, 11) is 0. The Balaban J connectivity index is 1.27. The Morgan fingerprint density at radius 2 is 1.79 bits per heavy atom. The van der Waals surface area contributed by atoms with Crippen molar-refractivity contribution < 1.29 is 4.79 Å². The number of aromatic nitrogens is 2. The molecule has 130 valence electrons. The summed E-state index contributed by atoms with van der Waals surface area (Å²) in [4.78, 5) is 13.3. The van der Waals surface area contributed by atoms with E-state index in [9.17, 15) is 4.79 Å². The normalized spacial score (nSPS) is 38.3. The Morgan fingerprint density at radius 1 is 1.17 bits per heavy atom. The van der Waals surface area contributed by atoms with Crippen molar-refractivity contribution in [2.45, 2.75) is 73.9 Å². The number of nitrogens with one attached hydrogen (secondary N) is 1. The minimum absolute atomic E-state index is 0.000940. The van der Waals surface area contributed by atoms with E-state index < -0.39 is 0 Å². The molecule has 0 spiro atoms. The Kier molecular flexibility index (Phi) is 3.71. The number of thioether (sulfide) groups is 1. The number of Topliss-reactive ketones (excluding diaryl/α,β-unsaturated/α-hetero) is 1. The molecule has 5 aliphatic rings. The summed E-state index contributed by atoms with van der Waals surface area (Å²) in [5.74, 6) is 2.98. The molecule has 4 bridgehead atoms. The lowest BCUT2D eigenvalue weighted by molar-refractivity contribution is -0.142. The summed E-state index contributed by atoms with van der Waals surface area (Å²) < 4.78 is 0.934. The van der Waals surface area contributed by atoms with Gasteiger partial charge in [0.05, 0.1) is 5.25 Å². The molecule has 1 aromatic rings. The molecule has 0 amide bonds. The number of ketones is 1. The molecule has 1 heterocycles. The number of nitrogens with zero attached hydrogens (tertiary/aromatic N) is 2. The van der Waals surface area contributed by atoms with E-state index in [1.54, 1.807) is 23.1 Å². The largest absolute Gasteiger partial charge is 0.357 e. The van der Waals surface area contributed by atoms with Crippen LogP contribution in [0.25, 0.3) is 0 Å². The minimum Gasteiger partial charge on any atom is -0.357 e. The van der Waals surface area contributed by atoms with E-state index in [2.05, 4.69) is 22.4 Å². The van der Waals surface area contributed by atoms with Crippen molar-refractivity contribution in [3.8, 4) is 0 Å². The molecule has 1 aromatic heterocycles. The number of hydrogen-bond acceptors (Lipinski definition) is 6. The number of rotatable bonds is 6. The average molecular weight is 364 g/mol. The predicted molar refractivity (Wildman–Crippen MR) is 97.5 cm³/mol. The molecule has 0 aromatic carbocycles. The highest BCUT2D eigenvalue weighted by molar-refractivity contribution is 8.02. The minimum atomic E-state index is 0.000940. The fraction of sp³-hybridized carbons (Fsp3) is 0.833. The molecular formula is C18H25N3OS2. The molecule has 24 heavy (non-hydrogen) atoms. The molecule has 0 saturated heterocycles. The van der Waals surface area contributed by atoms with Crippen LogP contribution in [0.2, 0.25) is 0 Å². The van der Waals surface area contributed by atoms with Crippen LogP contribution in [-0.4, -0.2) is 27.3 Å². The number of anilines is 1. The quantitative estimate of drug-likeness (QED) is 0.760. The van der Waals surface area contributed by atoms with E-state index in [-0.39, 0.29) is 10.7 Å². The second-order valence-electron chi connectivity index (χ2n) is 8.61. The van der Waals surface area contributed by atoms with Crippen LogP contribution in [0.15, 0.2) is 4.34 Å². The van der Waals surface area contributed by atoms with Crippen LogP contribution >= 0.6 is 23.1 Å². The Morgan fingerprint density at radius 3 is 2.38 bits per heavy atom. The topological polar surface area (TPSA) is 54.9 Å². The van der Waals surface area contributed by atoms with E-state index in [0.717, 1.165) is 46.5 Å². The van der Waals surface area contributed by atoms with Crippen molar-refractivity contribution >= 4 is 34.0 Å². The van der Waals surface area contributed by atoms with Crippen molar-refractivity contribution in [1.29, 1.82) is 0 Å². The highest BCUT2D eigenvalue weighted by Crippen LogP contribution is 2.61. The summed E-state index contributed by atoms with van der Waals surface area (Å²) in [5.41, 5.74) is 0.000940. The fourth-order valence-corrected chi connectivity index (χ4v) is 7.93. The van der Waals surface area contributed by atoms with Gasteiger partial charge in [-0.2, -0.15) is 0 Å². The van der Waals surface area contributed by atoms with Crippen molar-refractivity contribution in [1.82, 2.24) is 10.2 Å². The molecule has 5 aliphatic carbocycles. The molecule has 6 rings (SSSR count). The van der Waals surface area contributed by atoms with E-state index >= 15 is 0 Å². The van der Waals surface area contributed by atoms with Gasteiger partial charge in [-0.1, -0.05) is 23.1 Å². The van der Waals surface area contributed by atoms with Crippen LogP contribution in [0, 0.1) is 23.2 Å². The Labute approximate surface area is 151 Å². The third-order valence-corrected chi connectivity index (χ3v) is 8.56. The first-order chi connectivity index (χ1) is 11.6. The molecular weight excluding hydrogens is 338 g/mol. The first-order valence-corrected chi connectivity index (χ1v) is 11.1. The lowest BCUT2D eigenvalue weighted by Crippen LogP contribution is -2.51. The zero-order valence-corrected chi connectivity index (χ0v) is 15.8. The Hall–Kier alpha value is -0.620. The molecule has 1 N–H and O–H groups in total. The molecule has 1 atom stereocenters. The van der Waals surface area contributed by atoms with Crippen LogP contribution in [0.1, 0.15) is 58.3 Å². The van der Waals surface area contributed by atoms with Gasteiger partial charge in [0.2, 0.25) is 5.13 Å². The van der Waals surface area contributed by atoms with Crippen LogP contribution in [0.5, 0.6) is 0 Å². The maximum absolute atomic E-state index is 13.3. The van der Waals surface area contributed by atoms with Crippen molar-refractivity contribution in [2.24, 2.45) is 23.2 Å². The highest BCUT2D eigenvalue weighted by Gasteiger charge is 2.55. The summed E-state index contributed by atoms with van der Waals surface area (Å²) in [6.07, 6.45) is 10.1. The van der Waals surface area contributed by atoms with Gasteiger partial charge in [0, 0.05) is 11.5 Å². The first kappa shape index (κ1) is 15.6. The predicted octanol–water partition coefficient (Wildman–Crippen LogP) is 4.38. The smallest absolute Gasteiger partial charge is 0.206 e. The summed E-state index contributed by atoms with van der Waals surface area (Å²) >= 11 is 3.23. The van der Waals surface area contributed by atoms with Crippen molar-refractivity contribution in [3.05, 3.63) is 0 Å². The molecule has 0 unspecified atom stereocenters. The zero-order chi connectivity index (χ0) is 16.3. The van der Waals surface area contributed by atoms with E-state index in [4.69, 9.17) is 0 Å². The average Bonchev–Trinajstić information content (AvgIpc) is 3.23. The zero-order valence-electron chi connectivity index (χ0n) is 14.2. The molecule has 0 radical (unpaired) electrons. The van der Waals surface area contributed by atoms with Gasteiger partial charge in [-0.05, 0) is 76.0 Å². The van der Waals surface area contributed by atoms with E-state index in [0.29, 0.717) is 11.8 Å². The second kappa shape index (κ2) is 5.70. The molecule has 5 saturated carbocycles. The van der Waals surface area contributed by atoms with Gasteiger partial charge in [-0.3, -0.25) is 4.79 Å². The van der Waals surface area contributed by atoms with E-state index in [1.807, 2.05) is 0 Å².